The van der Waals surface area contributed by atoms with E-state index in [1.54, 1.807) is 0 Å². The zero-order valence-corrected chi connectivity index (χ0v) is 6.78. The second kappa shape index (κ2) is 3.53. The van der Waals surface area contributed by atoms with Crippen molar-refractivity contribution in [3.8, 4) is 0 Å². The molecule has 66 valence electrons. The number of hydrogen-bond acceptors (Lipinski definition) is 1. The van der Waals surface area contributed by atoms with Crippen molar-refractivity contribution in [2.24, 2.45) is 0 Å². The molecule has 0 aliphatic carbocycles. The van der Waals surface area contributed by atoms with Gasteiger partial charge < -0.3 is 5.11 Å². The molecule has 0 rings (SSSR count). The molecule has 0 atom stereocenters. The van der Waals surface area contributed by atoms with E-state index in [1.807, 2.05) is 0 Å². The molecule has 0 spiro atoms. The van der Waals surface area contributed by atoms with Crippen molar-refractivity contribution in [3.05, 3.63) is 12.2 Å². The first kappa shape index (κ1) is 10.9. The number of aliphatic hydroxyl groups is 1. The third-order valence-electron chi connectivity index (χ3n) is 0.811. The minimum atomic E-state index is -4.27. The van der Waals surface area contributed by atoms with Crippen LogP contribution >= 0.6 is 15.9 Å². The molecule has 0 aromatic carbocycles. The largest absolute Gasteiger partial charge is 0.392 e. The Morgan fingerprint density at radius 2 is 1.73 bits per heavy atom. The molecule has 11 heavy (non-hydrogen) atoms. The van der Waals surface area contributed by atoms with Crippen molar-refractivity contribution < 1.29 is 22.7 Å². The van der Waals surface area contributed by atoms with Crippen molar-refractivity contribution in [2.45, 2.75) is 10.8 Å². The maximum absolute atomic E-state index is 12.1. The molecule has 6 heteroatoms. The Morgan fingerprint density at radius 1 is 1.27 bits per heavy atom. The van der Waals surface area contributed by atoms with Crippen LogP contribution in [0.25, 0.3) is 0 Å². The van der Waals surface area contributed by atoms with Gasteiger partial charge >= 0.3 is 10.8 Å². The van der Waals surface area contributed by atoms with Crippen LogP contribution in [0.3, 0.4) is 0 Å². The molecule has 0 amide bonds. The van der Waals surface area contributed by atoms with Crippen LogP contribution in [-0.4, -0.2) is 22.5 Å². The van der Waals surface area contributed by atoms with Crippen LogP contribution in [0.5, 0.6) is 0 Å². The van der Waals surface area contributed by atoms with E-state index in [-0.39, 0.29) is 6.08 Å². The number of halogens is 5. The molecule has 0 unspecified atom stereocenters. The molecule has 0 aromatic rings. The molecule has 0 radical (unpaired) electrons. The molecule has 0 bridgehead atoms. The molecule has 0 saturated heterocycles. The number of hydrogen-bond donors (Lipinski definition) is 1. The van der Waals surface area contributed by atoms with Crippen molar-refractivity contribution in [1.82, 2.24) is 0 Å². The van der Waals surface area contributed by atoms with Gasteiger partial charge in [-0.2, -0.15) is 17.6 Å². The summed E-state index contributed by atoms with van der Waals surface area (Å²) in [6.45, 7) is -0.696. The monoisotopic (exact) mass is 236 g/mol. The van der Waals surface area contributed by atoms with Crippen LogP contribution in [0, 0.1) is 0 Å². The fraction of sp³-hybridized carbons (Fsp3) is 0.600. The van der Waals surface area contributed by atoms with Gasteiger partial charge in [-0.25, -0.2) is 0 Å². The Morgan fingerprint density at radius 3 is 2.00 bits per heavy atom. The quantitative estimate of drug-likeness (QED) is 0.453. The topological polar surface area (TPSA) is 20.2 Å². The van der Waals surface area contributed by atoms with E-state index in [0.717, 1.165) is 0 Å². The highest BCUT2D eigenvalue weighted by Gasteiger charge is 2.51. The van der Waals surface area contributed by atoms with Crippen molar-refractivity contribution in [3.63, 3.8) is 0 Å². The van der Waals surface area contributed by atoms with E-state index in [0.29, 0.717) is 6.08 Å². The fourth-order valence-corrected chi connectivity index (χ4v) is 0.427. The molecular formula is C5H5BrF4O. The Bertz CT molecular complexity index is 151. The van der Waals surface area contributed by atoms with Gasteiger partial charge in [0.25, 0.3) is 0 Å². The van der Waals surface area contributed by atoms with Gasteiger partial charge in [0.2, 0.25) is 0 Å². The summed E-state index contributed by atoms with van der Waals surface area (Å²) in [6.07, 6.45) is 0.497. The van der Waals surface area contributed by atoms with Crippen LogP contribution in [-0.2, 0) is 0 Å². The van der Waals surface area contributed by atoms with Crippen molar-refractivity contribution >= 4 is 15.9 Å². The standard InChI is InChI=1S/C5H5BrF4O/c6-5(9,10)4(7,8)2-1-3-11/h1-2,11H,3H2/b2-1-. The van der Waals surface area contributed by atoms with E-state index in [1.165, 1.54) is 15.9 Å². The Kier molecular flexibility index (Phi) is 3.50. The van der Waals surface area contributed by atoms with E-state index < -0.39 is 17.4 Å². The smallest absolute Gasteiger partial charge is 0.367 e. The zero-order valence-electron chi connectivity index (χ0n) is 5.20. The summed E-state index contributed by atoms with van der Waals surface area (Å²) in [5, 5.41) is 8.01. The second-order valence-electron chi connectivity index (χ2n) is 1.71. The summed E-state index contributed by atoms with van der Waals surface area (Å²) >= 11 is 1.51. The van der Waals surface area contributed by atoms with Crippen LogP contribution in [0.15, 0.2) is 12.2 Å². The van der Waals surface area contributed by atoms with E-state index in [4.69, 9.17) is 5.11 Å². The lowest BCUT2D eigenvalue weighted by molar-refractivity contribution is -0.111. The Labute approximate surface area is 68.8 Å². The highest BCUT2D eigenvalue weighted by atomic mass is 79.9. The van der Waals surface area contributed by atoms with Crippen LogP contribution < -0.4 is 0 Å². The Hall–Kier alpha value is -0.100. The average molecular weight is 237 g/mol. The summed E-state index contributed by atoms with van der Waals surface area (Å²) in [7, 11) is 0. The molecule has 0 aliphatic heterocycles. The maximum Gasteiger partial charge on any atom is 0.367 e. The molecule has 1 nitrogen and oxygen atoms in total. The average Bonchev–Trinajstić information content (AvgIpc) is 1.81. The van der Waals surface area contributed by atoms with Crippen LogP contribution in [0.2, 0.25) is 0 Å². The van der Waals surface area contributed by atoms with Gasteiger partial charge in [0.05, 0.1) is 6.61 Å². The molecule has 0 heterocycles. The third kappa shape index (κ3) is 3.20. The fourth-order valence-electron chi connectivity index (χ4n) is 0.295. The minimum absolute atomic E-state index is 0.0538. The van der Waals surface area contributed by atoms with Crippen molar-refractivity contribution in [2.75, 3.05) is 6.61 Å². The number of aliphatic hydroxyl groups excluding tert-OH is 1. The molecular weight excluding hydrogens is 232 g/mol. The predicted octanol–water partition coefficient (Wildman–Crippen LogP) is 2.16. The number of rotatable bonds is 3. The summed E-state index contributed by atoms with van der Waals surface area (Å²) < 4.78 is 48.0. The van der Waals surface area contributed by atoms with Gasteiger partial charge in [-0.3, -0.25) is 0 Å². The van der Waals surface area contributed by atoms with Gasteiger partial charge in [0.1, 0.15) is 0 Å². The molecule has 0 fully saturated rings. The van der Waals surface area contributed by atoms with E-state index in [9.17, 15) is 17.6 Å². The normalized spacial score (nSPS) is 14.4. The van der Waals surface area contributed by atoms with Gasteiger partial charge in [0.15, 0.2) is 0 Å². The zero-order chi connectivity index (χ0) is 9.12. The first-order valence-corrected chi connectivity index (χ1v) is 3.33. The lowest BCUT2D eigenvalue weighted by Gasteiger charge is -2.16. The summed E-state index contributed by atoms with van der Waals surface area (Å²) in [5.74, 6) is -4.27. The third-order valence-corrected chi connectivity index (χ3v) is 1.34. The number of allylic oxidation sites excluding steroid dienone is 1. The maximum atomic E-state index is 12.1. The lowest BCUT2D eigenvalue weighted by atomic mass is 10.3. The van der Waals surface area contributed by atoms with Crippen LogP contribution in [0.4, 0.5) is 17.6 Å². The predicted molar refractivity (Wildman–Crippen MR) is 35.0 cm³/mol. The van der Waals surface area contributed by atoms with Gasteiger partial charge in [-0.15, -0.1) is 0 Å². The number of alkyl halides is 5. The summed E-state index contributed by atoms with van der Waals surface area (Å²) in [6, 6.07) is 0. The van der Waals surface area contributed by atoms with E-state index >= 15 is 0 Å². The van der Waals surface area contributed by atoms with Crippen LogP contribution in [0.1, 0.15) is 0 Å². The Balaban J connectivity index is 4.34. The van der Waals surface area contributed by atoms with Gasteiger partial charge in [-0.1, -0.05) is 6.08 Å². The second-order valence-corrected chi connectivity index (χ2v) is 2.70. The first-order chi connectivity index (χ1) is 4.81. The minimum Gasteiger partial charge on any atom is -0.392 e. The van der Waals surface area contributed by atoms with E-state index in [2.05, 4.69) is 0 Å². The highest BCUT2D eigenvalue weighted by Crippen LogP contribution is 2.40. The molecule has 1 N–H and O–H groups in total. The first-order valence-electron chi connectivity index (χ1n) is 2.54. The molecule has 0 aromatic heterocycles. The van der Waals surface area contributed by atoms with Gasteiger partial charge in [0, 0.05) is 0 Å². The van der Waals surface area contributed by atoms with Gasteiger partial charge in [-0.05, 0) is 22.0 Å². The summed E-state index contributed by atoms with van der Waals surface area (Å²) in [4.78, 5) is -4.27. The van der Waals surface area contributed by atoms with Crippen molar-refractivity contribution in [1.29, 1.82) is 0 Å². The molecule has 0 saturated carbocycles. The highest BCUT2D eigenvalue weighted by molar-refractivity contribution is 9.10. The summed E-state index contributed by atoms with van der Waals surface area (Å²) in [5.41, 5.74) is 0. The SMILES string of the molecule is OC/C=C\C(F)(F)C(F)(F)Br. The lowest BCUT2D eigenvalue weighted by Crippen LogP contribution is -2.32. The molecule has 0 aliphatic rings.